The predicted molar refractivity (Wildman–Crippen MR) is 84.2 cm³/mol. The third kappa shape index (κ3) is 2.19. The number of piperidine rings is 1. The molecule has 0 aromatic heterocycles. The quantitative estimate of drug-likeness (QED) is 0.798. The molecule has 3 aliphatic rings. The molecule has 1 aliphatic heterocycles. The second kappa shape index (κ2) is 4.84. The van der Waals surface area contributed by atoms with Gasteiger partial charge in [-0.1, -0.05) is 12.2 Å². The molecule has 0 spiro atoms. The molecule has 3 rings (SSSR count). The fourth-order valence-electron chi connectivity index (χ4n) is 5.24. The Morgan fingerprint density at radius 2 is 1.50 bits per heavy atom. The summed E-state index contributed by atoms with van der Waals surface area (Å²) in [5.74, 6) is -1.55. The van der Waals surface area contributed by atoms with Crippen LogP contribution in [-0.2, 0) is 9.59 Å². The first-order valence-electron chi connectivity index (χ1n) is 8.40. The Bertz CT molecular complexity index is 518. The number of hydrogen-bond acceptors (Lipinski definition) is 2. The number of rotatable bonds is 2. The first kappa shape index (κ1) is 15.6. The van der Waals surface area contributed by atoms with Crippen molar-refractivity contribution in [1.29, 1.82) is 0 Å². The van der Waals surface area contributed by atoms with E-state index in [2.05, 4.69) is 33.8 Å². The number of allylic oxidation sites excluding steroid dienone is 2. The van der Waals surface area contributed by atoms with Crippen LogP contribution in [0.15, 0.2) is 12.2 Å². The fourth-order valence-corrected chi connectivity index (χ4v) is 5.24. The lowest BCUT2D eigenvalue weighted by molar-refractivity contribution is -0.161. The molecule has 4 heteroatoms. The van der Waals surface area contributed by atoms with Crippen molar-refractivity contribution in [3.8, 4) is 0 Å². The molecule has 2 fully saturated rings. The van der Waals surface area contributed by atoms with E-state index in [-0.39, 0.29) is 34.7 Å². The molecule has 1 saturated heterocycles. The molecule has 0 aromatic rings. The van der Waals surface area contributed by atoms with E-state index < -0.39 is 11.9 Å². The van der Waals surface area contributed by atoms with Crippen LogP contribution >= 0.6 is 0 Å². The molecule has 1 heterocycles. The van der Waals surface area contributed by atoms with E-state index in [0.29, 0.717) is 0 Å². The number of carbonyl (C=O) groups is 2. The summed E-state index contributed by atoms with van der Waals surface area (Å²) in [5, 5.41) is 9.61. The zero-order valence-electron chi connectivity index (χ0n) is 14.0. The molecular formula is C18H27NO3. The predicted octanol–water partition coefficient (Wildman–Crippen LogP) is 3.08. The van der Waals surface area contributed by atoms with Crippen molar-refractivity contribution < 1.29 is 14.7 Å². The number of carboxylic acids is 1. The number of aliphatic carboxylic acids is 1. The van der Waals surface area contributed by atoms with Crippen molar-refractivity contribution in [1.82, 2.24) is 4.90 Å². The minimum absolute atomic E-state index is 0.0347. The second-order valence-electron chi connectivity index (χ2n) is 8.49. The second-order valence-corrected chi connectivity index (χ2v) is 8.49. The van der Waals surface area contributed by atoms with Crippen molar-refractivity contribution in [3.05, 3.63) is 12.2 Å². The lowest BCUT2D eigenvalue weighted by atomic mass is 9.75. The topological polar surface area (TPSA) is 57.6 Å². The van der Waals surface area contributed by atoms with Gasteiger partial charge in [0.25, 0.3) is 0 Å². The van der Waals surface area contributed by atoms with E-state index in [1.54, 1.807) is 0 Å². The lowest BCUT2D eigenvalue weighted by Gasteiger charge is -2.54. The first-order valence-corrected chi connectivity index (χ1v) is 8.40. The highest BCUT2D eigenvalue weighted by Crippen LogP contribution is 2.51. The van der Waals surface area contributed by atoms with Gasteiger partial charge in [0, 0.05) is 11.1 Å². The molecule has 1 N–H and O–H groups in total. The van der Waals surface area contributed by atoms with Gasteiger partial charge in [-0.3, -0.25) is 9.59 Å². The summed E-state index contributed by atoms with van der Waals surface area (Å²) in [6.07, 6.45) is 7.97. The number of nitrogens with zero attached hydrogens (tertiary/aromatic N) is 1. The molecule has 0 aromatic carbocycles. The van der Waals surface area contributed by atoms with Gasteiger partial charge in [0.15, 0.2) is 0 Å². The van der Waals surface area contributed by atoms with Gasteiger partial charge >= 0.3 is 5.97 Å². The summed E-state index contributed by atoms with van der Waals surface area (Å²) in [6.45, 7) is 8.46. The summed E-state index contributed by atoms with van der Waals surface area (Å²) in [4.78, 5) is 27.1. The average molecular weight is 305 g/mol. The summed E-state index contributed by atoms with van der Waals surface area (Å²) in [7, 11) is 0. The summed E-state index contributed by atoms with van der Waals surface area (Å²) in [6, 6.07) is 0. The Balaban J connectivity index is 1.95. The van der Waals surface area contributed by atoms with E-state index in [1.807, 2.05) is 11.0 Å². The van der Waals surface area contributed by atoms with E-state index in [0.717, 1.165) is 25.7 Å². The highest BCUT2D eigenvalue weighted by Gasteiger charge is 2.56. The van der Waals surface area contributed by atoms with Crippen LogP contribution in [0.3, 0.4) is 0 Å². The lowest BCUT2D eigenvalue weighted by Crippen LogP contribution is -2.63. The molecule has 0 unspecified atom stereocenters. The highest BCUT2D eigenvalue weighted by atomic mass is 16.4. The fraction of sp³-hybridized carbons (Fsp3) is 0.778. The molecule has 1 amide bonds. The third-order valence-electron chi connectivity index (χ3n) is 6.04. The van der Waals surface area contributed by atoms with E-state index in [1.165, 1.54) is 0 Å². The van der Waals surface area contributed by atoms with E-state index >= 15 is 0 Å². The zero-order valence-corrected chi connectivity index (χ0v) is 14.0. The summed E-state index contributed by atoms with van der Waals surface area (Å²) in [5.41, 5.74) is -0.402. The van der Waals surface area contributed by atoms with Gasteiger partial charge in [-0.25, -0.2) is 0 Å². The number of hydrogen-bond donors (Lipinski definition) is 1. The van der Waals surface area contributed by atoms with Crippen LogP contribution < -0.4 is 0 Å². The summed E-state index contributed by atoms with van der Waals surface area (Å²) >= 11 is 0. The Labute approximate surface area is 132 Å². The SMILES string of the molecule is CC1(C)CCCC(C)(C)N1C(=O)[C@H]1[C@@H](C(=O)O)[C@H]2C=C[C@H]1C2. The average Bonchev–Trinajstić information content (AvgIpc) is 2.95. The van der Waals surface area contributed by atoms with Crippen LogP contribution in [0.4, 0.5) is 0 Å². The van der Waals surface area contributed by atoms with Crippen molar-refractivity contribution >= 4 is 11.9 Å². The monoisotopic (exact) mass is 305 g/mol. The minimum atomic E-state index is -0.817. The Morgan fingerprint density at radius 1 is 1.00 bits per heavy atom. The van der Waals surface area contributed by atoms with Gasteiger partial charge < -0.3 is 10.0 Å². The van der Waals surface area contributed by atoms with Crippen LogP contribution in [0.5, 0.6) is 0 Å². The van der Waals surface area contributed by atoms with Crippen LogP contribution in [0.2, 0.25) is 0 Å². The molecule has 0 radical (unpaired) electrons. The summed E-state index contributed by atoms with van der Waals surface area (Å²) < 4.78 is 0. The molecule has 122 valence electrons. The van der Waals surface area contributed by atoms with Crippen LogP contribution in [0.25, 0.3) is 0 Å². The number of carbonyl (C=O) groups excluding carboxylic acids is 1. The molecule has 2 aliphatic carbocycles. The number of fused-ring (bicyclic) bond motifs is 2. The molecule has 4 atom stereocenters. The standard InChI is InChI=1S/C18H27NO3/c1-17(2)8-5-9-18(3,4)19(17)15(20)13-11-6-7-12(10-11)14(13)16(21)22/h6-7,11-14H,5,8-10H2,1-4H3,(H,21,22)/t11-,12-,13+,14-/m0/s1. The van der Waals surface area contributed by atoms with Gasteiger partial charge in [0.05, 0.1) is 11.8 Å². The first-order chi connectivity index (χ1) is 10.1. The number of carboxylic acid groups (broad SMARTS) is 1. The van der Waals surface area contributed by atoms with Gasteiger partial charge in [0.1, 0.15) is 0 Å². The molecule has 22 heavy (non-hydrogen) atoms. The maximum atomic E-state index is 13.4. The van der Waals surface area contributed by atoms with Crippen molar-refractivity contribution in [2.75, 3.05) is 0 Å². The third-order valence-corrected chi connectivity index (χ3v) is 6.04. The Hall–Kier alpha value is -1.32. The van der Waals surface area contributed by atoms with Crippen molar-refractivity contribution in [2.24, 2.45) is 23.7 Å². The Kier molecular flexibility index (Phi) is 3.42. The van der Waals surface area contributed by atoms with Gasteiger partial charge in [-0.15, -0.1) is 0 Å². The zero-order chi connectivity index (χ0) is 16.3. The highest BCUT2D eigenvalue weighted by molar-refractivity contribution is 5.88. The van der Waals surface area contributed by atoms with Crippen LogP contribution in [-0.4, -0.2) is 33.0 Å². The maximum absolute atomic E-state index is 13.4. The largest absolute Gasteiger partial charge is 0.481 e. The molecule has 2 bridgehead atoms. The van der Waals surface area contributed by atoms with Gasteiger partial charge in [-0.05, 0) is 65.2 Å². The number of likely N-dealkylation sites (tertiary alicyclic amines) is 1. The van der Waals surface area contributed by atoms with Crippen molar-refractivity contribution in [2.45, 2.75) is 64.5 Å². The molecular weight excluding hydrogens is 278 g/mol. The maximum Gasteiger partial charge on any atom is 0.307 e. The Morgan fingerprint density at radius 3 is 2.00 bits per heavy atom. The van der Waals surface area contributed by atoms with Crippen molar-refractivity contribution in [3.63, 3.8) is 0 Å². The van der Waals surface area contributed by atoms with E-state index in [9.17, 15) is 14.7 Å². The van der Waals surface area contributed by atoms with E-state index in [4.69, 9.17) is 0 Å². The van der Waals surface area contributed by atoms with Gasteiger partial charge in [0.2, 0.25) is 5.91 Å². The minimum Gasteiger partial charge on any atom is -0.481 e. The molecule has 4 nitrogen and oxygen atoms in total. The normalized spacial score (nSPS) is 38.3. The molecule has 1 saturated carbocycles. The van der Waals surface area contributed by atoms with Gasteiger partial charge in [-0.2, -0.15) is 0 Å². The number of amides is 1. The smallest absolute Gasteiger partial charge is 0.307 e. The van der Waals surface area contributed by atoms with Crippen LogP contribution in [0, 0.1) is 23.7 Å². The van der Waals surface area contributed by atoms with Crippen LogP contribution in [0.1, 0.15) is 53.4 Å².